The third kappa shape index (κ3) is 3.21. The first kappa shape index (κ1) is 11.9. The molecule has 0 amide bonds. The molecule has 17 heavy (non-hydrogen) atoms. The van der Waals surface area contributed by atoms with Crippen molar-refractivity contribution in [3.05, 3.63) is 58.9 Å². The summed E-state index contributed by atoms with van der Waals surface area (Å²) in [6.07, 6.45) is 2.70. The van der Waals surface area contributed by atoms with E-state index in [1.54, 1.807) is 6.20 Å². The normalized spacial score (nSPS) is 10.2. The molecule has 0 aliphatic rings. The van der Waals surface area contributed by atoms with Gasteiger partial charge in [-0.1, -0.05) is 41.9 Å². The lowest BCUT2D eigenvalue weighted by molar-refractivity contribution is 1.01. The van der Waals surface area contributed by atoms with Gasteiger partial charge in [-0.2, -0.15) is 0 Å². The number of hydrogen-bond donors (Lipinski definition) is 1. The van der Waals surface area contributed by atoms with Gasteiger partial charge in [-0.25, -0.2) is 4.98 Å². The zero-order valence-electron chi connectivity index (χ0n) is 9.78. The molecule has 0 bridgehead atoms. The Hall–Kier alpha value is -1.54. The molecule has 0 saturated heterocycles. The third-order valence-electron chi connectivity index (χ3n) is 2.67. The summed E-state index contributed by atoms with van der Waals surface area (Å²) in [5.74, 6) is 0. The Balaban J connectivity index is 1.95. The Morgan fingerprint density at radius 2 is 1.94 bits per heavy atom. The summed E-state index contributed by atoms with van der Waals surface area (Å²) < 4.78 is 0. The van der Waals surface area contributed by atoms with Crippen LogP contribution >= 0.6 is 11.6 Å². The van der Waals surface area contributed by atoms with Crippen LogP contribution in [0.15, 0.2) is 42.6 Å². The number of pyridine rings is 1. The molecule has 1 N–H and O–H groups in total. The van der Waals surface area contributed by atoms with Crippen molar-refractivity contribution < 1.29 is 0 Å². The van der Waals surface area contributed by atoms with Crippen LogP contribution in [0.2, 0.25) is 5.15 Å². The molecule has 2 nitrogen and oxygen atoms in total. The van der Waals surface area contributed by atoms with Crippen LogP contribution in [0.1, 0.15) is 11.1 Å². The molecule has 2 rings (SSSR count). The van der Waals surface area contributed by atoms with Crippen LogP contribution in [-0.4, -0.2) is 11.5 Å². The third-order valence-corrected chi connectivity index (χ3v) is 2.96. The molecule has 0 unspecified atom stereocenters. The van der Waals surface area contributed by atoms with Gasteiger partial charge in [0.15, 0.2) is 5.15 Å². The molecule has 1 aromatic carbocycles. The van der Waals surface area contributed by atoms with E-state index in [1.807, 2.05) is 19.1 Å². The first-order chi connectivity index (χ1) is 8.27. The number of aryl methyl sites for hydroxylation is 1. The molecule has 0 fully saturated rings. The van der Waals surface area contributed by atoms with Gasteiger partial charge in [0.25, 0.3) is 0 Å². The Kier molecular flexibility index (Phi) is 3.99. The summed E-state index contributed by atoms with van der Waals surface area (Å²) in [6.45, 7) is 2.88. The second-order valence-corrected chi connectivity index (χ2v) is 4.31. The fourth-order valence-electron chi connectivity index (χ4n) is 1.71. The van der Waals surface area contributed by atoms with Gasteiger partial charge in [0.05, 0.1) is 5.69 Å². The van der Waals surface area contributed by atoms with Crippen molar-refractivity contribution >= 4 is 17.3 Å². The molecule has 0 radical (unpaired) electrons. The van der Waals surface area contributed by atoms with Crippen molar-refractivity contribution in [2.45, 2.75) is 13.3 Å². The van der Waals surface area contributed by atoms with Crippen LogP contribution in [0.4, 0.5) is 5.69 Å². The highest BCUT2D eigenvalue weighted by Crippen LogP contribution is 2.22. The highest BCUT2D eigenvalue weighted by atomic mass is 35.5. The Bertz CT molecular complexity index is 463. The van der Waals surface area contributed by atoms with Gasteiger partial charge >= 0.3 is 0 Å². The number of hydrogen-bond acceptors (Lipinski definition) is 2. The van der Waals surface area contributed by atoms with Crippen molar-refractivity contribution in [1.82, 2.24) is 4.98 Å². The summed E-state index contributed by atoms with van der Waals surface area (Å²) in [7, 11) is 0. The van der Waals surface area contributed by atoms with Crippen LogP contribution in [0.25, 0.3) is 0 Å². The van der Waals surface area contributed by atoms with Crippen molar-refractivity contribution in [3.63, 3.8) is 0 Å². The number of halogens is 1. The first-order valence-electron chi connectivity index (χ1n) is 5.66. The quantitative estimate of drug-likeness (QED) is 0.833. The second kappa shape index (κ2) is 5.69. The monoisotopic (exact) mass is 246 g/mol. The number of rotatable bonds is 4. The highest BCUT2D eigenvalue weighted by molar-refractivity contribution is 6.32. The molecule has 3 heteroatoms. The van der Waals surface area contributed by atoms with E-state index < -0.39 is 0 Å². The van der Waals surface area contributed by atoms with Gasteiger partial charge in [0.2, 0.25) is 0 Å². The lowest BCUT2D eigenvalue weighted by Crippen LogP contribution is -2.07. The topological polar surface area (TPSA) is 24.9 Å². The first-order valence-corrected chi connectivity index (χ1v) is 6.04. The maximum Gasteiger partial charge on any atom is 0.152 e. The highest BCUT2D eigenvalue weighted by Gasteiger charge is 2.03. The molecule has 2 aromatic rings. The van der Waals surface area contributed by atoms with E-state index in [9.17, 15) is 0 Å². The van der Waals surface area contributed by atoms with Crippen molar-refractivity contribution in [2.75, 3.05) is 11.9 Å². The van der Waals surface area contributed by atoms with Gasteiger partial charge in [0, 0.05) is 12.7 Å². The SMILES string of the molecule is Cc1ccnc(Cl)c1NCCc1ccccc1. The summed E-state index contributed by atoms with van der Waals surface area (Å²) in [6, 6.07) is 12.3. The molecule has 0 spiro atoms. The molecular formula is C14H15ClN2. The summed E-state index contributed by atoms with van der Waals surface area (Å²) >= 11 is 6.04. The maximum absolute atomic E-state index is 6.04. The van der Waals surface area contributed by atoms with E-state index in [0.29, 0.717) is 5.15 Å². The largest absolute Gasteiger partial charge is 0.382 e. The average Bonchev–Trinajstić information content (AvgIpc) is 2.34. The van der Waals surface area contributed by atoms with Gasteiger partial charge in [-0.3, -0.25) is 0 Å². The van der Waals surface area contributed by atoms with Crippen molar-refractivity contribution in [3.8, 4) is 0 Å². The lowest BCUT2D eigenvalue weighted by Gasteiger charge is -2.10. The Morgan fingerprint density at radius 1 is 1.18 bits per heavy atom. The average molecular weight is 247 g/mol. The molecule has 1 aromatic heterocycles. The van der Waals surface area contributed by atoms with Crippen LogP contribution in [-0.2, 0) is 6.42 Å². The predicted molar refractivity (Wildman–Crippen MR) is 72.6 cm³/mol. The van der Waals surface area contributed by atoms with Crippen molar-refractivity contribution in [2.24, 2.45) is 0 Å². The fourth-order valence-corrected chi connectivity index (χ4v) is 1.99. The molecule has 0 aliphatic carbocycles. The second-order valence-electron chi connectivity index (χ2n) is 3.96. The number of aromatic nitrogens is 1. The maximum atomic E-state index is 6.04. The van der Waals surface area contributed by atoms with E-state index in [0.717, 1.165) is 24.2 Å². The molecule has 1 heterocycles. The summed E-state index contributed by atoms with van der Waals surface area (Å²) in [4.78, 5) is 4.07. The van der Waals surface area contributed by atoms with Gasteiger partial charge in [-0.15, -0.1) is 0 Å². The van der Waals surface area contributed by atoms with Crippen LogP contribution in [0.3, 0.4) is 0 Å². The summed E-state index contributed by atoms with van der Waals surface area (Å²) in [5.41, 5.74) is 3.38. The number of anilines is 1. The zero-order chi connectivity index (χ0) is 12.1. The molecule has 88 valence electrons. The van der Waals surface area contributed by atoms with Crippen LogP contribution in [0, 0.1) is 6.92 Å². The predicted octanol–water partition coefficient (Wildman–Crippen LogP) is 3.70. The Labute approximate surface area is 107 Å². The fraction of sp³-hybridized carbons (Fsp3) is 0.214. The minimum atomic E-state index is 0.540. The van der Waals surface area contributed by atoms with Gasteiger partial charge in [-0.05, 0) is 30.5 Å². The summed E-state index contributed by atoms with van der Waals surface area (Å²) in [5, 5.41) is 3.88. The van der Waals surface area contributed by atoms with E-state index in [4.69, 9.17) is 11.6 Å². The smallest absolute Gasteiger partial charge is 0.152 e. The van der Waals surface area contributed by atoms with E-state index in [-0.39, 0.29) is 0 Å². The molecule has 0 atom stereocenters. The van der Waals surface area contributed by atoms with Crippen LogP contribution in [0.5, 0.6) is 0 Å². The molecule has 0 saturated carbocycles. The molecular weight excluding hydrogens is 232 g/mol. The zero-order valence-corrected chi connectivity index (χ0v) is 10.5. The standard InChI is InChI=1S/C14H15ClN2/c1-11-7-9-17-14(15)13(11)16-10-8-12-5-3-2-4-6-12/h2-7,9,16H,8,10H2,1H3. The van der Waals surface area contributed by atoms with E-state index >= 15 is 0 Å². The number of nitrogens with zero attached hydrogens (tertiary/aromatic N) is 1. The minimum absolute atomic E-state index is 0.540. The minimum Gasteiger partial charge on any atom is -0.382 e. The van der Waals surface area contributed by atoms with Crippen LogP contribution < -0.4 is 5.32 Å². The number of benzene rings is 1. The van der Waals surface area contributed by atoms with Gasteiger partial charge in [0.1, 0.15) is 0 Å². The molecule has 0 aliphatic heterocycles. The number of nitrogens with one attached hydrogen (secondary N) is 1. The van der Waals surface area contributed by atoms with Gasteiger partial charge < -0.3 is 5.32 Å². The van der Waals surface area contributed by atoms with Crippen molar-refractivity contribution in [1.29, 1.82) is 0 Å². The van der Waals surface area contributed by atoms with E-state index in [1.165, 1.54) is 5.56 Å². The lowest BCUT2D eigenvalue weighted by atomic mass is 10.1. The van der Waals surface area contributed by atoms with E-state index in [2.05, 4.69) is 34.6 Å². The Morgan fingerprint density at radius 3 is 2.65 bits per heavy atom.